The maximum Gasteiger partial charge on any atom is 0.337 e. The number of aryl methyl sites for hydroxylation is 1. The Balaban J connectivity index is 1.50. The molecule has 1 aromatic heterocycles. The molecule has 0 unspecified atom stereocenters. The highest BCUT2D eigenvalue weighted by Gasteiger charge is 2.26. The summed E-state index contributed by atoms with van der Waals surface area (Å²) in [5, 5.41) is 13.4. The molecule has 3 aromatic rings. The van der Waals surface area contributed by atoms with Crippen molar-refractivity contribution < 1.29 is 14.7 Å². The van der Waals surface area contributed by atoms with E-state index in [4.69, 9.17) is 4.98 Å². The second kappa shape index (κ2) is 10.3. The van der Waals surface area contributed by atoms with E-state index in [1.165, 1.54) is 0 Å². The van der Waals surface area contributed by atoms with E-state index in [0.29, 0.717) is 41.9 Å². The van der Waals surface area contributed by atoms with Crippen LogP contribution < -0.4 is 10.9 Å². The first-order chi connectivity index (χ1) is 18.2. The van der Waals surface area contributed by atoms with Gasteiger partial charge in [-0.25, -0.2) is 14.6 Å². The minimum atomic E-state index is -1.01. The number of hydrogen-bond donors (Lipinski definition) is 2. The Hall–Kier alpha value is -4.14. The predicted molar refractivity (Wildman–Crippen MR) is 148 cm³/mol. The molecule has 0 saturated carbocycles. The first-order valence-corrected chi connectivity index (χ1v) is 13.1. The molecule has 1 fully saturated rings. The molecule has 3 heterocycles. The summed E-state index contributed by atoms with van der Waals surface area (Å²) >= 11 is 0. The summed E-state index contributed by atoms with van der Waals surface area (Å²) in [6, 6.07) is 10.4. The molecular formula is C29H33N5O4. The molecule has 2 amide bonds. The highest BCUT2D eigenvalue weighted by molar-refractivity contribution is 5.94. The number of likely N-dealkylation sites (tertiary alicyclic amines) is 1. The zero-order valence-electron chi connectivity index (χ0n) is 22.0. The van der Waals surface area contributed by atoms with Gasteiger partial charge in [0.1, 0.15) is 5.82 Å². The summed E-state index contributed by atoms with van der Waals surface area (Å²) in [4.78, 5) is 46.8. The molecule has 0 spiro atoms. The second-order valence-electron chi connectivity index (χ2n) is 10.2. The topological polar surface area (TPSA) is 108 Å². The van der Waals surface area contributed by atoms with Crippen molar-refractivity contribution in [2.45, 2.75) is 39.2 Å². The number of hydrogen-bond acceptors (Lipinski definition) is 5. The molecule has 2 aliphatic heterocycles. The van der Waals surface area contributed by atoms with Crippen LogP contribution in [0.3, 0.4) is 0 Å². The van der Waals surface area contributed by atoms with E-state index >= 15 is 0 Å². The normalized spacial score (nSPS) is 16.4. The predicted octanol–water partition coefficient (Wildman–Crippen LogP) is 4.42. The van der Waals surface area contributed by atoms with Gasteiger partial charge in [-0.2, -0.15) is 0 Å². The van der Waals surface area contributed by atoms with E-state index in [-0.39, 0.29) is 23.2 Å². The Morgan fingerprint density at radius 3 is 2.50 bits per heavy atom. The molecule has 9 heteroatoms. The third-order valence-corrected chi connectivity index (χ3v) is 7.49. The number of benzene rings is 2. The van der Waals surface area contributed by atoms with Crippen molar-refractivity contribution in [3.8, 4) is 0 Å². The number of carboxylic acids is 1. The van der Waals surface area contributed by atoms with Crippen molar-refractivity contribution in [3.05, 3.63) is 75.3 Å². The number of fused-ring (bicyclic) bond motifs is 1. The lowest BCUT2D eigenvalue weighted by Gasteiger charge is -2.30. The number of aromatic carboxylic acids is 1. The van der Waals surface area contributed by atoms with Crippen molar-refractivity contribution in [2.75, 3.05) is 31.5 Å². The van der Waals surface area contributed by atoms with Crippen LogP contribution in [0.1, 0.15) is 59.5 Å². The van der Waals surface area contributed by atoms with E-state index in [1.54, 1.807) is 35.9 Å². The maximum atomic E-state index is 13.5. The van der Waals surface area contributed by atoms with E-state index in [1.807, 2.05) is 41.9 Å². The first-order valence-electron chi connectivity index (χ1n) is 13.1. The second-order valence-corrected chi connectivity index (χ2v) is 10.2. The molecule has 2 aliphatic rings. The van der Waals surface area contributed by atoms with Gasteiger partial charge in [-0.05, 0) is 62.4 Å². The fourth-order valence-electron chi connectivity index (χ4n) is 5.43. The molecule has 1 saturated heterocycles. The van der Waals surface area contributed by atoms with Crippen molar-refractivity contribution in [2.24, 2.45) is 7.05 Å². The summed E-state index contributed by atoms with van der Waals surface area (Å²) in [7, 11) is 1.74. The minimum Gasteiger partial charge on any atom is -0.478 e. The number of nitrogens with one attached hydrogen (secondary N) is 1. The van der Waals surface area contributed by atoms with Crippen molar-refractivity contribution in [1.82, 2.24) is 19.4 Å². The van der Waals surface area contributed by atoms with Gasteiger partial charge in [0.25, 0.3) is 5.56 Å². The first kappa shape index (κ1) is 25.5. The van der Waals surface area contributed by atoms with Crippen LogP contribution in [-0.4, -0.2) is 62.6 Å². The highest BCUT2D eigenvalue weighted by Crippen LogP contribution is 2.29. The number of para-hydroxylation sites is 1. The smallest absolute Gasteiger partial charge is 0.337 e. The maximum absolute atomic E-state index is 13.5. The monoisotopic (exact) mass is 515 g/mol. The summed E-state index contributed by atoms with van der Waals surface area (Å²) < 4.78 is 1.59. The molecule has 198 valence electrons. The van der Waals surface area contributed by atoms with Crippen LogP contribution >= 0.6 is 0 Å². The lowest BCUT2D eigenvalue weighted by atomic mass is 9.99. The minimum absolute atomic E-state index is 0.0810. The number of carboxylic acid groups (broad SMARTS) is 1. The Kier molecular flexibility index (Phi) is 6.93. The largest absolute Gasteiger partial charge is 0.478 e. The molecule has 1 atom stereocenters. The number of anilines is 1. The number of rotatable bonds is 5. The van der Waals surface area contributed by atoms with Crippen LogP contribution in [0.5, 0.6) is 0 Å². The van der Waals surface area contributed by atoms with E-state index in [2.05, 4.69) is 5.32 Å². The van der Waals surface area contributed by atoms with Crippen LogP contribution in [0.4, 0.5) is 10.5 Å². The van der Waals surface area contributed by atoms with Crippen LogP contribution in [0.15, 0.2) is 47.3 Å². The average Bonchev–Trinajstić information content (AvgIpc) is 3.45. The van der Waals surface area contributed by atoms with Gasteiger partial charge in [0.2, 0.25) is 0 Å². The molecule has 0 radical (unpaired) electrons. The zero-order chi connectivity index (χ0) is 27.0. The molecule has 9 nitrogen and oxygen atoms in total. The zero-order valence-corrected chi connectivity index (χ0v) is 22.0. The van der Waals surface area contributed by atoms with Gasteiger partial charge in [-0.3, -0.25) is 9.36 Å². The Bertz CT molecular complexity index is 1500. The van der Waals surface area contributed by atoms with Gasteiger partial charge < -0.3 is 20.2 Å². The summed E-state index contributed by atoms with van der Waals surface area (Å²) in [6.45, 7) is 6.58. The van der Waals surface area contributed by atoms with Crippen molar-refractivity contribution in [1.29, 1.82) is 0 Å². The standard InChI is InChI=1S/C29H33N5O4/c1-18-16-22(19(2)30-24-9-5-4-8-21(24)28(36)37)25-23(17-18)27(35)32(3)26(31-25)20-10-14-34(15-11-20)29(38)33-12-6-7-13-33/h4-5,8-10,16-17,19,30H,6-7,11-15H2,1-3H3,(H,36,37)/t19-/m1/s1. The van der Waals surface area contributed by atoms with Gasteiger partial charge in [-0.1, -0.05) is 24.3 Å². The molecule has 0 aliphatic carbocycles. The van der Waals surface area contributed by atoms with Crippen molar-refractivity contribution in [3.63, 3.8) is 0 Å². The molecule has 0 bridgehead atoms. The Morgan fingerprint density at radius 2 is 1.82 bits per heavy atom. The van der Waals surface area contributed by atoms with Crippen LogP contribution in [0.2, 0.25) is 0 Å². The number of amides is 2. The lowest BCUT2D eigenvalue weighted by Crippen LogP contribution is -2.43. The third-order valence-electron chi connectivity index (χ3n) is 7.49. The Morgan fingerprint density at radius 1 is 1.08 bits per heavy atom. The molecule has 2 aromatic carbocycles. The quantitative estimate of drug-likeness (QED) is 0.521. The van der Waals surface area contributed by atoms with E-state index in [9.17, 15) is 19.5 Å². The molecule has 2 N–H and O–H groups in total. The van der Waals surface area contributed by atoms with Crippen LogP contribution in [0.25, 0.3) is 16.5 Å². The Labute approximate surface area is 221 Å². The number of carbonyl (C=O) groups excluding carboxylic acids is 1. The average molecular weight is 516 g/mol. The molecular weight excluding hydrogens is 482 g/mol. The number of nitrogens with zero attached hydrogens (tertiary/aromatic N) is 4. The van der Waals surface area contributed by atoms with Gasteiger partial charge in [0, 0.05) is 44.5 Å². The molecule has 5 rings (SSSR count). The highest BCUT2D eigenvalue weighted by atomic mass is 16.4. The summed E-state index contributed by atoms with van der Waals surface area (Å²) in [5.74, 6) is -0.413. The van der Waals surface area contributed by atoms with E-state index in [0.717, 1.165) is 42.6 Å². The summed E-state index contributed by atoms with van der Waals surface area (Å²) in [5.41, 5.74) is 3.83. The summed E-state index contributed by atoms with van der Waals surface area (Å²) in [6.07, 6.45) is 4.73. The SMILES string of the molecule is Cc1cc([C@@H](C)Nc2ccccc2C(=O)O)c2nc(C3=CCN(C(=O)N4CCCC4)CC3)n(C)c(=O)c2c1. The number of carbonyl (C=O) groups is 2. The fraction of sp³-hybridized carbons (Fsp3) is 0.379. The number of urea groups is 1. The number of aromatic nitrogens is 2. The van der Waals surface area contributed by atoms with Gasteiger partial charge >= 0.3 is 12.0 Å². The van der Waals surface area contributed by atoms with Crippen LogP contribution in [-0.2, 0) is 7.05 Å². The fourth-order valence-corrected chi connectivity index (χ4v) is 5.43. The van der Waals surface area contributed by atoms with Gasteiger partial charge in [-0.15, -0.1) is 0 Å². The molecule has 38 heavy (non-hydrogen) atoms. The van der Waals surface area contributed by atoms with Crippen molar-refractivity contribution >= 4 is 34.2 Å². The van der Waals surface area contributed by atoms with E-state index < -0.39 is 5.97 Å². The lowest BCUT2D eigenvalue weighted by molar-refractivity contribution is 0.0698. The van der Waals surface area contributed by atoms with Gasteiger partial charge in [0.15, 0.2) is 0 Å². The van der Waals surface area contributed by atoms with Crippen LogP contribution in [0, 0.1) is 6.92 Å². The third kappa shape index (κ3) is 4.76. The van der Waals surface area contributed by atoms with Gasteiger partial charge in [0.05, 0.1) is 22.5 Å².